The number of phenolic OH excluding ortho intramolecular Hbond substituents is 1. The lowest BCUT2D eigenvalue weighted by atomic mass is 9.58. The van der Waals surface area contributed by atoms with Gasteiger partial charge in [-0.05, 0) is 79.7 Å². The predicted molar refractivity (Wildman–Crippen MR) is 85.6 cm³/mol. The number of aromatic hydroxyl groups is 1. The molecule has 4 rings (SSSR count). The van der Waals surface area contributed by atoms with Crippen molar-refractivity contribution in [3.63, 3.8) is 0 Å². The molecule has 2 aliphatic carbocycles. The second-order valence-corrected chi connectivity index (χ2v) is 7.88. The molecule has 1 aromatic rings. The fourth-order valence-electron chi connectivity index (χ4n) is 5.00. The highest BCUT2D eigenvalue weighted by atomic mass is 16.3. The monoisotopic (exact) mass is 285 g/mol. The Morgan fingerprint density at radius 1 is 1.33 bits per heavy atom. The Balaban J connectivity index is 1.73. The largest absolute Gasteiger partial charge is 0.508 e. The van der Waals surface area contributed by atoms with Gasteiger partial charge in [-0.1, -0.05) is 19.9 Å². The van der Waals surface area contributed by atoms with Gasteiger partial charge in [-0.3, -0.25) is 4.90 Å². The highest BCUT2D eigenvalue weighted by molar-refractivity contribution is 5.44. The van der Waals surface area contributed by atoms with Crippen LogP contribution in [0.5, 0.6) is 5.75 Å². The number of benzene rings is 1. The van der Waals surface area contributed by atoms with Crippen LogP contribution in [0.1, 0.15) is 51.2 Å². The number of nitrogens with zero attached hydrogens (tertiary/aromatic N) is 1. The maximum atomic E-state index is 9.90. The van der Waals surface area contributed by atoms with Crippen molar-refractivity contribution in [1.29, 1.82) is 0 Å². The molecule has 2 heteroatoms. The van der Waals surface area contributed by atoms with Gasteiger partial charge in [0.15, 0.2) is 0 Å². The Labute approximate surface area is 128 Å². The van der Waals surface area contributed by atoms with E-state index in [2.05, 4.69) is 31.7 Å². The first kappa shape index (κ1) is 13.6. The minimum atomic E-state index is 0.233. The summed E-state index contributed by atoms with van der Waals surface area (Å²) in [5, 5.41) is 9.90. The Morgan fingerprint density at radius 3 is 2.81 bits per heavy atom. The van der Waals surface area contributed by atoms with Gasteiger partial charge in [0.25, 0.3) is 0 Å². The molecule has 1 heterocycles. The third kappa shape index (κ3) is 1.95. The molecule has 4 atom stereocenters. The lowest BCUT2D eigenvalue weighted by Gasteiger charge is -2.56. The molecule has 114 valence electrons. The van der Waals surface area contributed by atoms with Crippen molar-refractivity contribution in [2.45, 2.75) is 64.0 Å². The smallest absolute Gasteiger partial charge is 0.115 e. The SMILES string of the molecule is CC1[C@H]2Cc3ccc(O)cc3[C@@]1(C)CCN2[C@@H](C)C1CC1. The first-order chi connectivity index (χ1) is 10.0. The van der Waals surface area contributed by atoms with Gasteiger partial charge in [0, 0.05) is 12.1 Å². The van der Waals surface area contributed by atoms with E-state index < -0.39 is 0 Å². The van der Waals surface area contributed by atoms with Crippen molar-refractivity contribution in [2.75, 3.05) is 6.54 Å². The summed E-state index contributed by atoms with van der Waals surface area (Å²) < 4.78 is 0. The summed E-state index contributed by atoms with van der Waals surface area (Å²) in [6.07, 6.45) is 5.24. The number of likely N-dealkylation sites (tertiary alicyclic amines) is 1. The molecule has 1 N–H and O–H groups in total. The molecule has 1 saturated carbocycles. The number of fused-ring (bicyclic) bond motifs is 4. The summed E-state index contributed by atoms with van der Waals surface area (Å²) in [4.78, 5) is 2.81. The molecule has 2 fully saturated rings. The van der Waals surface area contributed by atoms with Gasteiger partial charge < -0.3 is 5.11 Å². The number of phenols is 1. The van der Waals surface area contributed by atoms with Crippen LogP contribution in [0.2, 0.25) is 0 Å². The molecule has 1 aromatic carbocycles. The van der Waals surface area contributed by atoms with E-state index >= 15 is 0 Å². The number of hydrogen-bond acceptors (Lipinski definition) is 2. The Kier molecular flexibility index (Phi) is 2.91. The molecule has 0 amide bonds. The van der Waals surface area contributed by atoms with E-state index in [1.165, 1.54) is 36.9 Å². The van der Waals surface area contributed by atoms with Crippen LogP contribution in [-0.2, 0) is 11.8 Å². The van der Waals surface area contributed by atoms with Gasteiger partial charge in [-0.25, -0.2) is 0 Å². The molecule has 1 unspecified atom stereocenters. The zero-order valence-electron chi connectivity index (χ0n) is 13.5. The van der Waals surface area contributed by atoms with Crippen LogP contribution in [0.25, 0.3) is 0 Å². The van der Waals surface area contributed by atoms with Gasteiger partial charge in [-0.15, -0.1) is 0 Å². The average Bonchev–Trinajstić information content (AvgIpc) is 3.28. The van der Waals surface area contributed by atoms with Gasteiger partial charge in [-0.2, -0.15) is 0 Å². The van der Waals surface area contributed by atoms with Crippen LogP contribution in [0.3, 0.4) is 0 Å². The Bertz CT molecular complexity index is 565. The van der Waals surface area contributed by atoms with Crippen LogP contribution >= 0.6 is 0 Å². The summed E-state index contributed by atoms with van der Waals surface area (Å²) in [6.45, 7) is 8.52. The van der Waals surface area contributed by atoms with Crippen molar-refractivity contribution in [3.05, 3.63) is 29.3 Å². The minimum Gasteiger partial charge on any atom is -0.508 e. The van der Waals surface area contributed by atoms with Gasteiger partial charge in [0.2, 0.25) is 0 Å². The van der Waals surface area contributed by atoms with Crippen LogP contribution in [0.15, 0.2) is 18.2 Å². The summed E-state index contributed by atoms with van der Waals surface area (Å²) >= 11 is 0. The highest BCUT2D eigenvalue weighted by Crippen LogP contribution is 2.51. The Morgan fingerprint density at radius 2 is 2.10 bits per heavy atom. The molecule has 3 aliphatic rings. The second-order valence-electron chi connectivity index (χ2n) is 7.88. The zero-order valence-corrected chi connectivity index (χ0v) is 13.5. The lowest BCUT2D eigenvalue weighted by Crippen LogP contribution is -2.60. The average molecular weight is 285 g/mol. The van der Waals surface area contributed by atoms with Gasteiger partial charge >= 0.3 is 0 Å². The third-order valence-electron chi connectivity index (χ3n) is 6.86. The van der Waals surface area contributed by atoms with Crippen LogP contribution < -0.4 is 0 Å². The molecule has 0 radical (unpaired) electrons. The van der Waals surface area contributed by atoms with E-state index in [1.807, 2.05) is 12.1 Å². The van der Waals surface area contributed by atoms with Crippen molar-refractivity contribution in [2.24, 2.45) is 11.8 Å². The molecule has 0 spiro atoms. The van der Waals surface area contributed by atoms with Crippen molar-refractivity contribution >= 4 is 0 Å². The fraction of sp³-hybridized carbons (Fsp3) is 0.684. The van der Waals surface area contributed by atoms with E-state index in [-0.39, 0.29) is 5.41 Å². The summed E-state index contributed by atoms with van der Waals surface area (Å²) in [7, 11) is 0. The lowest BCUT2D eigenvalue weighted by molar-refractivity contribution is 0.000427. The first-order valence-electron chi connectivity index (χ1n) is 8.59. The van der Waals surface area contributed by atoms with Gasteiger partial charge in [0.05, 0.1) is 0 Å². The van der Waals surface area contributed by atoms with Crippen LogP contribution in [0, 0.1) is 11.8 Å². The molecule has 1 aliphatic heterocycles. The van der Waals surface area contributed by atoms with Crippen molar-refractivity contribution in [1.82, 2.24) is 4.90 Å². The topological polar surface area (TPSA) is 23.5 Å². The quantitative estimate of drug-likeness (QED) is 0.895. The van der Waals surface area contributed by atoms with Crippen LogP contribution in [-0.4, -0.2) is 28.6 Å². The number of rotatable bonds is 2. The molecule has 2 bridgehead atoms. The van der Waals surface area contributed by atoms with E-state index in [0.717, 1.165) is 18.4 Å². The van der Waals surface area contributed by atoms with E-state index in [4.69, 9.17) is 0 Å². The number of piperidine rings is 1. The maximum absolute atomic E-state index is 9.90. The molecular weight excluding hydrogens is 258 g/mol. The fourth-order valence-corrected chi connectivity index (χ4v) is 5.00. The molecule has 1 saturated heterocycles. The summed E-state index contributed by atoms with van der Waals surface area (Å²) in [6, 6.07) is 7.48. The van der Waals surface area contributed by atoms with Crippen molar-refractivity contribution < 1.29 is 5.11 Å². The standard InChI is InChI=1S/C19H27NO/c1-12-18-10-15-6-7-16(21)11-17(15)19(12,3)8-9-20(18)13(2)14-4-5-14/h6-7,11-14,18,21H,4-5,8-10H2,1-3H3/t12?,13-,18+,19-/m0/s1. The van der Waals surface area contributed by atoms with E-state index in [9.17, 15) is 5.11 Å². The normalized spacial score (nSPS) is 37.1. The predicted octanol–water partition coefficient (Wildman–Crippen LogP) is 3.71. The third-order valence-corrected chi connectivity index (χ3v) is 6.86. The maximum Gasteiger partial charge on any atom is 0.115 e. The molecule has 2 nitrogen and oxygen atoms in total. The van der Waals surface area contributed by atoms with E-state index in [0.29, 0.717) is 17.7 Å². The molecule has 21 heavy (non-hydrogen) atoms. The second kappa shape index (κ2) is 4.49. The number of hydrogen-bond donors (Lipinski definition) is 1. The zero-order chi connectivity index (χ0) is 14.8. The van der Waals surface area contributed by atoms with Gasteiger partial charge in [0.1, 0.15) is 5.75 Å². The highest BCUT2D eigenvalue weighted by Gasteiger charge is 2.50. The minimum absolute atomic E-state index is 0.233. The van der Waals surface area contributed by atoms with E-state index in [1.54, 1.807) is 0 Å². The summed E-state index contributed by atoms with van der Waals surface area (Å²) in [5.74, 6) is 2.04. The first-order valence-corrected chi connectivity index (χ1v) is 8.59. The van der Waals surface area contributed by atoms with Crippen LogP contribution in [0.4, 0.5) is 0 Å². The van der Waals surface area contributed by atoms with Crippen molar-refractivity contribution in [3.8, 4) is 5.75 Å². The molecular formula is C19H27NO. The molecule has 0 aromatic heterocycles. The summed E-state index contributed by atoms with van der Waals surface area (Å²) in [5.41, 5.74) is 3.10. The Hall–Kier alpha value is -1.02.